The maximum absolute atomic E-state index is 5.55. The van der Waals surface area contributed by atoms with Crippen molar-refractivity contribution < 1.29 is 0 Å². The molecule has 2 aromatic heterocycles. The van der Waals surface area contributed by atoms with Crippen molar-refractivity contribution >= 4 is 68.9 Å². The van der Waals surface area contributed by atoms with Gasteiger partial charge in [-0.1, -0.05) is 0 Å². The van der Waals surface area contributed by atoms with Gasteiger partial charge < -0.3 is 0 Å². The Morgan fingerprint density at radius 2 is 0.655 bits per heavy atom. The van der Waals surface area contributed by atoms with Crippen LogP contribution in [0.15, 0.2) is 158 Å². The molecule has 0 saturated carbocycles. The molecule has 0 radical (unpaired) electrons. The van der Waals surface area contributed by atoms with Gasteiger partial charge in [-0.15, -0.1) is 0 Å². The zero-order valence-electron chi connectivity index (χ0n) is 30.6. The van der Waals surface area contributed by atoms with Crippen molar-refractivity contribution in [1.82, 2.24) is 9.97 Å². The van der Waals surface area contributed by atoms with Gasteiger partial charge in [0.25, 0.3) is 0 Å². The van der Waals surface area contributed by atoms with Crippen LogP contribution in [0.5, 0.6) is 0 Å². The molecule has 0 saturated heterocycles. The van der Waals surface area contributed by atoms with Crippen LogP contribution in [0.3, 0.4) is 0 Å². The van der Waals surface area contributed by atoms with E-state index in [9.17, 15) is 0 Å². The second-order valence-corrected chi connectivity index (χ2v) is 16.5. The van der Waals surface area contributed by atoms with Crippen LogP contribution in [-0.2, 0) is 0 Å². The molecule has 260 valence electrons. The standard InChI is InChI=1S/C52H36N2Se/c1-33-19-23-37(24-20-33)51-45-29-27-43(53-45)49(35-11-5-3-6-12-35)41-17-9-16-40-39(41)15-10-18-42(40)50(36-13-7-4-8-14-36)44-28-30-46(54-44)52(48-32-31-47(51)55-48)38-25-21-34(2)22-26-38/h3-32H,1-2H3. The van der Waals surface area contributed by atoms with Crippen LogP contribution >= 0.6 is 0 Å². The first-order valence-electron chi connectivity index (χ1n) is 18.7. The van der Waals surface area contributed by atoms with Crippen LogP contribution < -0.4 is 0 Å². The molecule has 2 nitrogen and oxygen atoms in total. The van der Waals surface area contributed by atoms with E-state index in [2.05, 4.69) is 196 Å². The molecule has 4 heterocycles. The Hall–Kier alpha value is -6.38. The van der Waals surface area contributed by atoms with Crippen LogP contribution in [0.1, 0.15) is 33.9 Å². The second-order valence-electron chi connectivity index (χ2n) is 14.3. The Kier molecular flexibility index (Phi) is 8.33. The monoisotopic (exact) mass is 768 g/mol. The Bertz CT molecular complexity index is 2800. The van der Waals surface area contributed by atoms with Gasteiger partial charge >= 0.3 is 329 Å². The minimum atomic E-state index is -0.0116. The average molecular weight is 768 g/mol. The first kappa shape index (κ1) is 33.2. The molecule has 3 heteroatoms. The van der Waals surface area contributed by atoms with Crippen molar-refractivity contribution in [2.45, 2.75) is 13.8 Å². The molecular weight excluding hydrogens is 732 g/mol. The molecule has 0 N–H and O–H groups in total. The summed E-state index contributed by atoms with van der Waals surface area (Å²) in [5, 5.41) is 4.67. The molecule has 55 heavy (non-hydrogen) atoms. The van der Waals surface area contributed by atoms with Crippen molar-refractivity contribution in [3.63, 3.8) is 0 Å². The van der Waals surface area contributed by atoms with Gasteiger partial charge in [0.15, 0.2) is 0 Å². The molecule has 2 aliphatic heterocycles. The molecule has 0 aliphatic carbocycles. The minimum absolute atomic E-state index is 0.0116. The Balaban J connectivity index is 1.45. The number of hydrogen-bond donors (Lipinski definition) is 0. The van der Waals surface area contributed by atoms with E-state index >= 15 is 0 Å². The van der Waals surface area contributed by atoms with E-state index in [1.165, 1.54) is 52.7 Å². The van der Waals surface area contributed by atoms with E-state index in [1.807, 2.05) is 0 Å². The predicted octanol–water partition coefficient (Wildman–Crippen LogP) is 13.5. The first-order chi connectivity index (χ1) is 27.1. The van der Waals surface area contributed by atoms with Gasteiger partial charge in [0.05, 0.1) is 0 Å². The van der Waals surface area contributed by atoms with Crippen LogP contribution in [0, 0.1) is 13.8 Å². The molecule has 0 atom stereocenters. The van der Waals surface area contributed by atoms with Crippen molar-refractivity contribution in [3.8, 4) is 44.5 Å². The van der Waals surface area contributed by atoms with Crippen molar-refractivity contribution in [3.05, 3.63) is 192 Å². The van der Waals surface area contributed by atoms with E-state index in [1.54, 1.807) is 0 Å². The number of fused-ring (bicyclic) bond motifs is 6. The maximum atomic E-state index is 5.55. The van der Waals surface area contributed by atoms with Crippen LogP contribution in [0.25, 0.3) is 98.9 Å². The van der Waals surface area contributed by atoms with E-state index in [0.717, 1.165) is 55.8 Å². The molecule has 8 aromatic rings. The quantitative estimate of drug-likeness (QED) is 0.167. The molecule has 2 aliphatic rings. The fourth-order valence-electron chi connectivity index (χ4n) is 8.00. The summed E-state index contributed by atoms with van der Waals surface area (Å²) in [6.45, 7) is 4.29. The summed E-state index contributed by atoms with van der Waals surface area (Å²) in [6, 6.07) is 57.4. The summed E-state index contributed by atoms with van der Waals surface area (Å²) in [7, 11) is 0. The van der Waals surface area contributed by atoms with Gasteiger partial charge in [-0.3, -0.25) is 0 Å². The molecule has 0 fully saturated rings. The van der Waals surface area contributed by atoms with Gasteiger partial charge in [0, 0.05) is 0 Å². The molecule has 0 spiro atoms. The average Bonchev–Trinajstić information content (AvgIpc) is 4.01. The zero-order chi connectivity index (χ0) is 36.9. The summed E-state index contributed by atoms with van der Waals surface area (Å²) in [5.41, 5.74) is 15.7. The molecule has 10 rings (SSSR count). The van der Waals surface area contributed by atoms with Crippen molar-refractivity contribution in [2.24, 2.45) is 0 Å². The van der Waals surface area contributed by atoms with Gasteiger partial charge in [-0.05, 0) is 0 Å². The van der Waals surface area contributed by atoms with Crippen LogP contribution in [0.4, 0.5) is 0 Å². The Morgan fingerprint density at radius 1 is 0.309 bits per heavy atom. The van der Waals surface area contributed by atoms with Crippen molar-refractivity contribution in [1.29, 1.82) is 0 Å². The van der Waals surface area contributed by atoms with Crippen LogP contribution in [-0.4, -0.2) is 24.5 Å². The van der Waals surface area contributed by atoms with E-state index in [-0.39, 0.29) is 14.5 Å². The summed E-state index contributed by atoms with van der Waals surface area (Å²) >= 11 is -0.0116. The SMILES string of the molecule is Cc1ccc(-c2c3nc(c(-c4ccccc4)c4cccc5c(cccc45)c(-c4ccccc4)c4nc(c(-c5ccc(C)cc5)c5ccc2[se]5)C=C4)C=C3)cc1. The topological polar surface area (TPSA) is 25.8 Å². The summed E-state index contributed by atoms with van der Waals surface area (Å²) in [5.74, 6) is 0. The van der Waals surface area contributed by atoms with Crippen molar-refractivity contribution in [2.75, 3.05) is 0 Å². The second kappa shape index (κ2) is 13.8. The third-order valence-corrected chi connectivity index (χ3v) is 13.0. The summed E-state index contributed by atoms with van der Waals surface area (Å²) in [4.78, 5) is 11.1. The Morgan fingerprint density at radius 3 is 1.05 bits per heavy atom. The first-order valence-corrected chi connectivity index (χ1v) is 20.4. The summed E-state index contributed by atoms with van der Waals surface area (Å²) < 4.78 is 2.62. The fourth-order valence-corrected chi connectivity index (χ4v) is 10.4. The van der Waals surface area contributed by atoms with Gasteiger partial charge in [0.2, 0.25) is 0 Å². The molecule has 0 unspecified atom stereocenters. The molecule has 6 aromatic carbocycles. The molecule has 10 bridgehead atoms. The van der Waals surface area contributed by atoms with E-state index in [0.29, 0.717) is 0 Å². The number of benzene rings is 6. The van der Waals surface area contributed by atoms with E-state index < -0.39 is 0 Å². The Labute approximate surface area is 327 Å². The molecular formula is C52H36N2Se. The van der Waals surface area contributed by atoms with Gasteiger partial charge in [-0.2, -0.15) is 0 Å². The van der Waals surface area contributed by atoms with Gasteiger partial charge in [0.1, 0.15) is 0 Å². The van der Waals surface area contributed by atoms with Gasteiger partial charge in [-0.25, -0.2) is 0 Å². The summed E-state index contributed by atoms with van der Waals surface area (Å²) in [6.07, 6.45) is 8.88. The normalized spacial score (nSPS) is 12.0. The third kappa shape index (κ3) is 5.99. The molecule has 0 amide bonds. The predicted molar refractivity (Wildman–Crippen MR) is 236 cm³/mol. The number of hydrogen-bond acceptors (Lipinski definition) is 2. The number of aryl methyl sites for hydroxylation is 2. The zero-order valence-corrected chi connectivity index (χ0v) is 32.3. The fraction of sp³-hybridized carbons (Fsp3) is 0.0385. The van der Waals surface area contributed by atoms with E-state index in [4.69, 9.17) is 9.97 Å². The number of nitrogens with zero attached hydrogens (tertiary/aromatic N) is 2. The number of aromatic nitrogens is 2. The van der Waals surface area contributed by atoms with Crippen LogP contribution in [0.2, 0.25) is 0 Å². The number of rotatable bonds is 4. The third-order valence-electron chi connectivity index (χ3n) is 10.7.